The zero-order valence-electron chi connectivity index (χ0n) is 11.0. The lowest BCUT2D eigenvalue weighted by Gasteiger charge is -2.10. The third-order valence-corrected chi connectivity index (χ3v) is 3.31. The van der Waals surface area contributed by atoms with Crippen LogP contribution in [0, 0.1) is 0 Å². The van der Waals surface area contributed by atoms with Gasteiger partial charge in [-0.1, -0.05) is 48.9 Å². The van der Waals surface area contributed by atoms with Gasteiger partial charge in [0.1, 0.15) is 5.75 Å². The molecule has 2 heteroatoms. The number of hydrogen-bond acceptors (Lipinski definition) is 2. The predicted molar refractivity (Wildman–Crippen MR) is 77.1 cm³/mol. The summed E-state index contributed by atoms with van der Waals surface area (Å²) in [7, 11) is 0. The minimum Gasteiger partial charge on any atom is -0.508 e. The summed E-state index contributed by atoms with van der Waals surface area (Å²) in [5.41, 5.74) is 2.22. The summed E-state index contributed by atoms with van der Waals surface area (Å²) >= 11 is 0. The van der Waals surface area contributed by atoms with E-state index in [2.05, 4.69) is 24.3 Å². The van der Waals surface area contributed by atoms with Crippen molar-refractivity contribution in [1.82, 2.24) is 0 Å². The van der Waals surface area contributed by atoms with Crippen molar-refractivity contribution in [3.05, 3.63) is 65.7 Å². The molecule has 19 heavy (non-hydrogen) atoms. The first-order valence-corrected chi connectivity index (χ1v) is 6.76. The fourth-order valence-corrected chi connectivity index (χ4v) is 2.17. The van der Waals surface area contributed by atoms with Gasteiger partial charge in [0.15, 0.2) is 0 Å². The molecule has 100 valence electrons. The maximum Gasteiger partial charge on any atom is 0.115 e. The van der Waals surface area contributed by atoms with E-state index in [-0.39, 0.29) is 5.75 Å². The Hall–Kier alpha value is -1.80. The van der Waals surface area contributed by atoms with Crippen LogP contribution in [0.1, 0.15) is 36.5 Å². The lowest BCUT2D eigenvalue weighted by Crippen LogP contribution is -1.97. The molecule has 0 spiro atoms. The standard InChI is InChI=1S/C17H20O2/c18-16-12-10-15(11-13-16)17(19)9-5-4-8-14-6-2-1-3-7-14/h1-3,6-7,10-13,17-19H,4-5,8-9H2/t17-/m0/s1. The number of aliphatic hydroxyl groups is 1. The van der Waals surface area contributed by atoms with Gasteiger partial charge in [0.05, 0.1) is 6.10 Å². The summed E-state index contributed by atoms with van der Waals surface area (Å²) in [6.07, 6.45) is 3.47. The molecule has 0 bridgehead atoms. The van der Waals surface area contributed by atoms with Crippen LogP contribution in [0.15, 0.2) is 54.6 Å². The molecule has 1 atom stereocenters. The lowest BCUT2D eigenvalue weighted by atomic mass is 10.0. The molecule has 0 heterocycles. The van der Waals surface area contributed by atoms with Gasteiger partial charge in [-0.2, -0.15) is 0 Å². The Bertz CT molecular complexity index is 476. The van der Waals surface area contributed by atoms with Crippen LogP contribution in [0.4, 0.5) is 0 Å². The summed E-state index contributed by atoms with van der Waals surface area (Å²) in [5, 5.41) is 19.2. The molecule has 0 aliphatic carbocycles. The summed E-state index contributed by atoms with van der Waals surface area (Å²) in [6, 6.07) is 17.2. The van der Waals surface area contributed by atoms with Crippen LogP contribution in [0.3, 0.4) is 0 Å². The molecule has 0 fully saturated rings. The maximum atomic E-state index is 10.0. The zero-order valence-corrected chi connectivity index (χ0v) is 11.0. The second kappa shape index (κ2) is 6.95. The van der Waals surface area contributed by atoms with Crippen LogP contribution in [0.25, 0.3) is 0 Å². The van der Waals surface area contributed by atoms with Gasteiger partial charge in [0.25, 0.3) is 0 Å². The summed E-state index contributed by atoms with van der Waals surface area (Å²) in [6.45, 7) is 0. The number of rotatable bonds is 6. The molecule has 0 amide bonds. The zero-order chi connectivity index (χ0) is 13.5. The van der Waals surface area contributed by atoms with Crippen molar-refractivity contribution in [3.63, 3.8) is 0 Å². The molecule has 2 aromatic rings. The van der Waals surface area contributed by atoms with Crippen LogP contribution in [0.2, 0.25) is 0 Å². The molecule has 0 aromatic heterocycles. The molecule has 0 saturated heterocycles. The van der Waals surface area contributed by atoms with Crippen LogP contribution >= 0.6 is 0 Å². The molecule has 2 rings (SSSR count). The van der Waals surface area contributed by atoms with Gasteiger partial charge in [-0.3, -0.25) is 0 Å². The molecule has 2 nitrogen and oxygen atoms in total. The van der Waals surface area contributed by atoms with Gasteiger partial charge >= 0.3 is 0 Å². The van der Waals surface area contributed by atoms with Gasteiger partial charge in [-0.05, 0) is 42.5 Å². The van der Waals surface area contributed by atoms with E-state index in [9.17, 15) is 10.2 Å². The summed E-state index contributed by atoms with van der Waals surface area (Å²) in [4.78, 5) is 0. The largest absolute Gasteiger partial charge is 0.508 e. The van der Waals surface area contributed by atoms with Crippen molar-refractivity contribution >= 4 is 0 Å². The second-order valence-corrected chi connectivity index (χ2v) is 4.84. The topological polar surface area (TPSA) is 40.5 Å². The fourth-order valence-electron chi connectivity index (χ4n) is 2.17. The molecule has 0 radical (unpaired) electrons. The fraction of sp³-hybridized carbons (Fsp3) is 0.294. The normalized spacial score (nSPS) is 12.3. The maximum absolute atomic E-state index is 10.0. The van der Waals surface area contributed by atoms with Crippen molar-refractivity contribution in [1.29, 1.82) is 0 Å². The predicted octanol–water partition coefficient (Wildman–Crippen LogP) is 3.84. The van der Waals surface area contributed by atoms with Crippen molar-refractivity contribution in [3.8, 4) is 5.75 Å². The Morgan fingerprint density at radius 2 is 1.53 bits per heavy atom. The molecule has 0 unspecified atom stereocenters. The monoisotopic (exact) mass is 256 g/mol. The summed E-state index contributed by atoms with van der Waals surface area (Å²) in [5.74, 6) is 0.236. The number of aliphatic hydroxyl groups excluding tert-OH is 1. The van der Waals surface area contributed by atoms with E-state index in [0.29, 0.717) is 0 Å². The van der Waals surface area contributed by atoms with Crippen molar-refractivity contribution < 1.29 is 10.2 Å². The SMILES string of the molecule is Oc1ccc([C@@H](O)CCCCc2ccccc2)cc1. The summed E-state index contributed by atoms with van der Waals surface area (Å²) < 4.78 is 0. The molecular formula is C17H20O2. The first kappa shape index (κ1) is 13.6. The number of unbranched alkanes of at least 4 members (excludes halogenated alkanes) is 1. The Kier molecular flexibility index (Phi) is 4.99. The van der Waals surface area contributed by atoms with E-state index < -0.39 is 6.10 Å². The molecule has 2 aromatic carbocycles. The van der Waals surface area contributed by atoms with Gasteiger partial charge in [0, 0.05) is 0 Å². The highest BCUT2D eigenvalue weighted by molar-refractivity contribution is 5.27. The minimum atomic E-state index is -0.434. The number of benzene rings is 2. The van der Waals surface area contributed by atoms with E-state index in [1.165, 1.54) is 5.56 Å². The molecular weight excluding hydrogens is 236 g/mol. The third kappa shape index (κ3) is 4.42. The number of aryl methyl sites for hydroxylation is 1. The molecule has 0 saturated carbocycles. The van der Waals surface area contributed by atoms with Crippen LogP contribution in [-0.4, -0.2) is 10.2 Å². The first-order valence-electron chi connectivity index (χ1n) is 6.76. The van der Waals surface area contributed by atoms with Gasteiger partial charge in [-0.25, -0.2) is 0 Å². The number of phenols is 1. The van der Waals surface area contributed by atoms with Crippen molar-refractivity contribution in [2.75, 3.05) is 0 Å². The Morgan fingerprint density at radius 1 is 0.842 bits per heavy atom. The number of hydrogen-bond donors (Lipinski definition) is 2. The smallest absolute Gasteiger partial charge is 0.115 e. The number of phenolic OH excluding ortho intramolecular Hbond substituents is 1. The minimum absolute atomic E-state index is 0.236. The van der Waals surface area contributed by atoms with Crippen LogP contribution in [-0.2, 0) is 6.42 Å². The van der Waals surface area contributed by atoms with Gasteiger partial charge in [-0.15, -0.1) is 0 Å². The Morgan fingerprint density at radius 3 is 2.21 bits per heavy atom. The average Bonchev–Trinajstić information content (AvgIpc) is 2.45. The van der Waals surface area contributed by atoms with Gasteiger partial charge < -0.3 is 10.2 Å². The molecule has 2 N–H and O–H groups in total. The van der Waals surface area contributed by atoms with E-state index in [0.717, 1.165) is 31.2 Å². The lowest BCUT2D eigenvalue weighted by molar-refractivity contribution is 0.163. The molecule has 0 aliphatic heterocycles. The highest BCUT2D eigenvalue weighted by atomic mass is 16.3. The quantitative estimate of drug-likeness (QED) is 0.771. The highest BCUT2D eigenvalue weighted by Gasteiger charge is 2.06. The van der Waals surface area contributed by atoms with E-state index in [4.69, 9.17) is 0 Å². The van der Waals surface area contributed by atoms with E-state index in [1.807, 2.05) is 6.07 Å². The van der Waals surface area contributed by atoms with E-state index in [1.54, 1.807) is 24.3 Å². The van der Waals surface area contributed by atoms with Crippen LogP contribution in [0.5, 0.6) is 5.75 Å². The third-order valence-electron chi connectivity index (χ3n) is 3.31. The Labute approximate surface area is 114 Å². The first-order chi connectivity index (χ1) is 9.25. The van der Waals surface area contributed by atoms with Gasteiger partial charge in [0.2, 0.25) is 0 Å². The van der Waals surface area contributed by atoms with E-state index >= 15 is 0 Å². The van der Waals surface area contributed by atoms with Crippen LogP contribution < -0.4 is 0 Å². The Balaban J connectivity index is 1.72. The highest BCUT2D eigenvalue weighted by Crippen LogP contribution is 2.21. The number of aromatic hydroxyl groups is 1. The average molecular weight is 256 g/mol. The van der Waals surface area contributed by atoms with Crippen molar-refractivity contribution in [2.24, 2.45) is 0 Å². The second-order valence-electron chi connectivity index (χ2n) is 4.84. The van der Waals surface area contributed by atoms with Crippen molar-refractivity contribution in [2.45, 2.75) is 31.8 Å². The molecule has 0 aliphatic rings.